The van der Waals surface area contributed by atoms with Gasteiger partial charge in [-0.25, -0.2) is 4.79 Å². The quantitative estimate of drug-likeness (QED) is 0.581. The van der Waals surface area contributed by atoms with Gasteiger partial charge in [0.1, 0.15) is 5.71 Å². The molecule has 5 heteroatoms. The fourth-order valence-corrected chi connectivity index (χ4v) is 2.53. The van der Waals surface area contributed by atoms with Crippen LogP contribution in [0.25, 0.3) is 6.08 Å². The number of rotatable bonds is 6. The Kier molecular flexibility index (Phi) is 5.37. The number of ether oxygens (including phenoxy) is 2. The Morgan fingerprint density at radius 1 is 1.12 bits per heavy atom. The zero-order chi connectivity index (χ0) is 18.5. The van der Waals surface area contributed by atoms with Gasteiger partial charge in [-0.3, -0.25) is 0 Å². The molecule has 0 aliphatic carbocycles. The lowest BCUT2D eigenvalue weighted by Crippen LogP contribution is -2.07. The van der Waals surface area contributed by atoms with Crippen LogP contribution in [0.1, 0.15) is 25.0 Å². The molecule has 0 atom stereocenters. The van der Waals surface area contributed by atoms with E-state index in [0.717, 1.165) is 11.1 Å². The Labute approximate surface area is 152 Å². The number of hydrogen-bond acceptors (Lipinski definition) is 5. The highest BCUT2D eigenvalue weighted by Gasteiger charge is 2.26. The minimum atomic E-state index is -0.469. The van der Waals surface area contributed by atoms with E-state index in [1.165, 1.54) is 0 Å². The third kappa shape index (κ3) is 3.94. The Morgan fingerprint density at radius 2 is 1.88 bits per heavy atom. The van der Waals surface area contributed by atoms with E-state index in [-0.39, 0.29) is 0 Å². The second-order valence-electron chi connectivity index (χ2n) is 6.36. The van der Waals surface area contributed by atoms with E-state index in [1.54, 1.807) is 13.2 Å². The number of carbonyl (C=O) groups excluding carboxylic acids is 1. The van der Waals surface area contributed by atoms with E-state index >= 15 is 0 Å². The molecule has 0 fully saturated rings. The first-order valence-electron chi connectivity index (χ1n) is 8.46. The molecule has 0 amide bonds. The maximum Gasteiger partial charge on any atom is 0.368 e. The van der Waals surface area contributed by atoms with Gasteiger partial charge >= 0.3 is 5.97 Å². The monoisotopic (exact) mass is 351 g/mol. The molecule has 0 spiro atoms. The maximum absolute atomic E-state index is 12.1. The highest BCUT2D eigenvalue weighted by atomic mass is 16.7. The summed E-state index contributed by atoms with van der Waals surface area (Å²) in [6, 6.07) is 15.0. The van der Waals surface area contributed by atoms with Gasteiger partial charge in [0.15, 0.2) is 11.5 Å². The van der Waals surface area contributed by atoms with E-state index in [0.29, 0.717) is 35.3 Å². The summed E-state index contributed by atoms with van der Waals surface area (Å²) in [7, 11) is 1.59. The first kappa shape index (κ1) is 17.7. The summed E-state index contributed by atoms with van der Waals surface area (Å²) in [6.07, 6.45) is 1.75. The van der Waals surface area contributed by atoms with E-state index < -0.39 is 5.97 Å². The lowest BCUT2D eigenvalue weighted by molar-refractivity contribution is -0.136. The van der Waals surface area contributed by atoms with Crippen molar-refractivity contribution in [3.05, 3.63) is 65.2 Å². The number of hydrogen-bond donors (Lipinski definition) is 0. The molecular formula is C21H21NO4. The van der Waals surface area contributed by atoms with Crippen molar-refractivity contribution >= 4 is 17.8 Å². The molecule has 1 aliphatic rings. The molecule has 0 saturated heterocycles. The Balaban J connectivity index is 1.90. The van der Waals surface area contributed by atoms with Crippen molar-refractivity contribution in [2.75, 3.05) is 13.7 Å². The van der Waals surface area contributed by atoms with E-state index in [2.05, 4.69) is 19.0 Å². The van der Waals surface area contributed by atoms with E-state index in [1.807, 2.05) is 48.5 Å². The first-order valence-corrected chi connectivity index (χ1v) is 8.46. The second kappa shape index (κ2) is 7.87. The van der Waals surface area contributed by atoms with Gasteiger partial charge < -0.3 is 14.3 Å². The minimum absolute atomic E-state index is 0.411. The molecule has 2 aromatic rings. The fraction of sp³-hybridized carbons (Fsp3) is 0.238. The summed E-state index contributed by atoms with van der Waals surface area (Å²) in [5.74, 6) is 1.24. The molecule has 1 heterocycles. The molecule has 0 radical (unpaired) electrons. The number of carbonyl (C=O) groups is 1. The number of nitrogens with zero attached hydrogens (tertiary/aromatic N) is 1. The Hall–Kier alpha value is -3.08. The average Bonchev–Trinajstić information content (AvgIpc) is 3.01. The molecule has 0 saturated carbocycles. The lowest BCUT2D eigenvalue weighted by Gasteiger charge is -2.13. The van der Waals surface area contributed by atoms with Gasteiger partial charge in [0.2, 0.25) is 0 Å². The van der Waals surface area contributed by atoms with Crippen molar-refractivity contribution in [2.45, 2.75) is 13.8 Å². The zero-order valence-corrected chi connectivity index (χ0v) is 15.1. The van der Waals surface area contributed by atoms with Crippen LogP contribution in [0, 0.1) is 5.92 Å². The third-order valence-corrected chi connectivity index (χ3v) is 3.81. The molecular weight excluding hydrogens is 330 g/mol. The zero-order valence-electron chi connectivity index (χ0n) is 15.1. The molecule has 0 aromatic heterocycles. The summed E-state index contributed by atoms with van der Waals surface area (Å²) in [5, 5.41) is 3.92. The Morgan fingerprint density at radius 3 is 2.58 bits per heavy atom. The fourth-order valence-electron chi connectivity index (χ4n) is 2.53. The highest BCUT2D eigenvalue weighted by Crippen LogP contribution is 2.30. The van der Waals surface area contributed by atoms with Crippen LogP contribution in [0.4, 0.5) is 0 Å². The standard InChI is InChI=1S/C21H21NO4/c1-14(2)13-25-18-10-9-15(12-19(18)24-3)11-17-20(22-26-21(17)23)16-7-5-4-6-8-16/h4-12,14H,13H2,1-3H3. The molecule has 2 aromatic carbocycles. The third-order valence-electron chi connectivity index (χ3n) is 3.81. The van der Waals surface area contributed by atoms with E-state index in [4.69, 9.17) is 14.3 Å². The molecule has 0 unspecified atom stereocenters. The highest BCUT2D eigenvalue weighted by molar-refractivity contribution is 6.31. The molecule has 3 rings (SSSR count). The topological polar surface area (TPSA) is 57.1 Å². The van der Waals surface area contributed by atoms with Crippen molar-refractivity contribution in [1.82, 2.24) is 0 Å². The number of methoxy groups -OCH3 is 1. The van der Waals surface area contributed by atoms with Crippen molar-refractivity contribution in [3.63, 3.8) is 0 Å². The molecule has 1 aliphatic heterocycles. The SMILES string of the molecule is COc1cc(C=C2C(=O)ON=C2c2ccccc2)ccc1OCC(C)C. The number of oxime groups is 1. The lowest BCUT2D eigenvalue weighted by atomic mass is 10.0. The largest absolute Gasteiger partial charge is 0.493 e. The predicted molar refractivity (Wildman–Crippen MR) is 100 cm³/mol. The van der Waals surface area contributed by atoms with Gasteiger partial charge in [0, 0.05) is 5.56 Å². The first-order chi connectivity index (χ1) is 12.6. The van der Waals surface area contributed by atoms with Gasteiger partial charge in [-0.15, -0.1) is 0 Å². The van der Waals surface area contributed by atoms with Crippen LogP contribution < -0.4 is 9.47 Å². The predicted octanol–water partition coefficient (Wildman–Crippen LogP) is 4.07. The van der Waals surface area contributed by atoms with Crippen molar-refractivity contribution in [1.29, 1.82) is 0 Å². The van der Waals surface area contributed by atoms with Crippen LogP contribution in [0.2, 0.25) is 0 Å². The summed E-state index contributed by atoms with van der Waals surface area (Å²) >= 11 is 0. The summed E-state index contributed by atoms with van der Waals surface area (Å²) in [4.78, 5) is 17.0. The van der Waals surface area contributed by atoms with Crippen LogP contribution in [0.3, 0.4) is 0 Å². The summed E-state index contributed by atoms with van der Waals surface area (Å²) in [5.41, 5.74) is 2.56. The van der Waals surface area contributed by atoms with Gasteiger partial charge in [-0.2, -0.15) is 0 Å². The van der Waals surface area contributed by atoms with Crippen molar-refractivity contribution in [2.24, 2.45) is 11.1 Å². The van der Waals surface area contributed by atoms with Crippen LogP contribution in [0.5, 0.6) is 11.5 Å². The normalized spacial score (nSPS) is 15.2. The molecule has 5 nitrogen and oxygen atoms in total. The molecule has 134 valence electrons. The minimum Gasteiger partial charge on any atom is -0.493 e. The van der Waals surface area contributed by atoms with Gasteiger partial charge in [-0.05, 0) is 29.7 Å². The van der Waals surface area contributed by atoms with Crippen LogP contribution in [-0.4, -0.2) is 25.4 Å². The van der Waals surface area contributed by atoms with Crippen LogP contribution in [0.15, 0.2) is 59.3 Å². The van der Waals surface area contributed by atoms with Gasteiger partial charge in [-0.1, -0.05) is 55.4 Å². The summed E-state index contributed by atoms with van der Waals surface area (Å²) < 4.78 is 11.2. The molecule has 26 heavy (non-hydrogen) atoms. The average molecular weight is 351 g/mol. The van der Waals surface area contributed by atoms with E-state index in [9.17, 15) is 4.79 Å². The molecule has 0 bridgehead atoms. The Bertz CT molecular complexity index is 854. The maximum atomic E-state index is 12.1. The summed E-state index contributed by atoms with van der Waals surface area (Å²) in [6.45, 7) is 4.77. The number of benzene rings is 2. The van der Waals surface area contributed by atoms with Crippen molar-refractivity contribution < 1.29 is 19.1 Å². The second-order valence-corrected chi connectivity index (χ2v) is 6.36. The van der Waals surface area contributed by atoms with Gasteiger partial charge in [0.05, 0.1) is 19.3 Å². The van der Waals surface area contributed by atoms with Gasteiger partial charge in [0.25, 0.3) is 0 Å². The van der Waals surface area contributed by atoms with Crippen LogP contribution in [-0.2, 0) is 9.63 Å². The smallest absolute Gasteiger partial charge is 0.368 e. The van der Waals surface area contributed by atoms with Crippen molar-refractivity contribution in [3.8, 4) is 11.5 Å². The van der Waals surface area contributed by atoms with Crippen LogP contribution >= 0.6 is 0 Å². The molecule has 0 N–H and O–H groups in total.